The highest BCUT2D eigenvalue weighted by Crippen LogP contribution is 2.61. The molecule has 1 aromatic carbocycles. The number of imidazole rings is 1. The van der Waals surface area contributed by atoms with E-state index in [-0.39, 0.29) is 54.3 Å². The lowest BCUT2D eigenvalue weighted by Crippen LogP contribution is -2.46. The van der Waals surface area contributed by atoms with Gasteiger partial charge in [0.1, 0.15) is 47.6 Å². The number of carbonyl (C=O) groups is 4. The number of fused-ring (bicyclic) bond motifs is 1. The second-order valence-corrected chi connectivity index (χ2v) is 23.8. The number of aliphatic hydroxyl groups excluding tert-OH is 2. The normalized spacial score (nSPS) is 21.0. The third-order valence-corrected chi connectivity index (χ3v) is 15.8. The van der Waals surface area contributed by atoms with Gasteiger partial charge in [0, 0.05) is 36.8 Å². The van der Waals surface area contributed by atoms with Crippen molar-refractivity contribution in [1.82, 2.24) is 30.2 Å². The molecule has 408 valence electrons. The molecule has 2 fully saturated rings. The number of rotatable bonds is 33. The topological polar surface area (TPSA) is 390 Å². The van der Waals surface area contributed by atoms with Gasteiger partial charge in [-0.25, -0.2) is 28.6 Å². The average Bonchev–Trinajstić information content (AvgIpc) is 3.83. The molecule has 2 amide bonds. The number of Topliss-reactive ketones (excluding diaryl/α,β-unsaturated/α-hetero) is 1. The zero-order chi connectivity index (χ0) is 53.8. The Balaban J connectivity index is 0.957. The van der Waals surface area contributed by atoms with E-state index in [2.05, 4.69) is 58.7 Å². The van der Waals surface area contributed by atoms with Gasteiger partial charge in [-0.1, -0.05) is 64.8 Å². The number of amides is 2. The zero-order valence-electron chi connectivity index (χ0n) is 41.1. The molecule has 0 bridgehead atoms. The summed E-state index contributed by atoms with van der Waals surface area (Å²) >= 11 is 0. The quantitative estimate of drug-likeness (QED) is 0.0239. The van der Waals surface area contributed by atoms with E-state index in [4.69, 9.17) is 24.3 Å². The summed E-state index contributed by atoms with van der Waals surface area (Å²) in [6, 6.07) is 8.61. The van der Waals surface area contributed by atoms with Gasteiger partial charge in [-0.15, -0.1) is 0 Å². The number of aromatic nitrogens is 4. The van der Waals surface area contributed by atoms with Crippen LogP contribution in [0.4, 0.5) is 5.82 Å². The van der Waals surface area contributed by atoms with Crippen LogP contribution in [0, 0.1) is 10.8 Å². The lowest BCUT2D eigenvalue weighted by atomic mass is 9.81. The number of unbranched alkanes of at least 4 members (excludes halogenated alkanes) is 3. The van der Waals surface area contributed by atoms with Crippen LogP contribution in [-0.2, 0) is 73.1 Å². The van der Waals surface area contributed by atoms with E-state index in [1.165, 1.54) is 25.0 Å². The summed E-state index contributed by atoms with van der Waals surface area (Å²) in [5.41, 5.74) is 6.03. The van der Waals surface area contributed by atoms with E-state index in [1.54, 1.807) is 0 Å². The monoisotopic (exact) mass is 1090 g/mol. The fourth-order valence-corrected chi connectivity index (χ4v) is 11.0. The van der Waals surface area contributed by atoms with Gasteiger partial charge >= 0.3 is 23.5 Å². The summed E-state index contributed by atoms with van der Waals surface area (Å²) < 4.78 is 67.9. The van der Waals surface area contributed by atoms with Gasteiger partial charge in [-0.2, -0.15) is 4.31 Å². The molecule has 10 N–H and O–H groups in total. The number of nitrogens with one attached hydrogen (secondary N) is 2. The molecule has 7 unspecified atom stereocenters. The number of phosphoric acid groups is 3. The molecule has 7 atom stereocenters. The van der Waals surface area contributed by atoms with Crippen molar-refractivity contribution in [2.75, 3.05) is 32.0 Å². The molecule has 26 nitrogen and oxygen atoms in total. The third-order valence-electron chi connectivity index (χ3n) is 12.7. The molecule has 3 heterocycles. The van der Waals surface area contributed by atoms with Crippen molar-refractivity contribution in [2.45, 2.75) is 147 Å². The Bertz CT molecular complexity index is 2520. The Morgan fingerprint density at radius 2 is 1.59 bits per heavy atom. The smallest absolute Gasteiger partial charge is 0.461 e. The van der Waals surface area contributed by atoms with Crippen molar-refractivity contribution in [3.8, 4) is 0 Å². The predicted molar refractivity (Wildman–Crippen MR) is 258 cm³/mol. The number of nitrogens with two attached hydrogens (primary N) is 1. The van der Waals surface area contributed by atoms with Crippen LogP contribution < -0.4 is 16.4 Å². The van der Waals surface area contributed by atoms with Crippen molar-refractivity contribution < 1.29 is 90.0 Å². The maximum atomic E-state index is 13.1. The Hall–Kier alpha value is -4.10. The summed E-state index contributed by atoms with van der Waals surface area (Å²) in [5, 5.41) is 26.7. The van der Waals surface area contributed by atoms with E-state index in [9.17, 15) is 62.7 Å². The van der Waals surface area contributed by atoms with Crippen molar-refractivity contribution >= 4 is 64.5 Å². The lowest BCUT2D eigenvalue weighted by molar-refractivity contribution is -0.137. The summed E-state index contributed by atoms with van der Waals surface area (Å²) in [4.78, 5) is 100. The van der Waals surface area contributed by atoms with Crippen molar-refractivity contribution in [3.05, 3.63) is 48.0 Å². The Kier molecular flexibility index (Phi) is 21.0. The van der Waals surface area contributed by atoms with Gasteiger partial charge in [0.05, 0.1) is 19.5 Å². The highest BCUT2D eigenvalue weighted by molar-refractivity contribution is 7.61. The largest absolute Gasteiger partial charge is 0.481 e. The minimum Gasteiger partial charge on any atom is -0.461 e. The summed E-state index contributed by atoms with van der Waals surface area (Å²) in [5.74, 6) is -1.50. The van der Waals surface area contributed by atoms with Crippen molar-refractivity contribution in [3.63, 3.8) is 0 Å². The van der Waals surface area contributed by atoms with Crippen LogP contribution in [0.2, 0.25) is 0 Å². The lowest BCUT2D eigenvalue weighted by Gasteiger charge is -2.30. The van der Waals surface area contributed by atoms with Crippen LogP contribution in [0.1, 0.15) is 116 Å². The Labute approximate surface area is 421 Å². The van der Waals surface area contributed by atoms with Crippen LogP contribution >= 0.6 is 23.5 Å². The number of hydrogen-bond acceptors (Lipinski definition) is 19. The number of carbonyl (C=O) groups excluding carboxylic acids is 4. The van der Waals surface area contributed by atoms with E-state index < -0.39 is 90.0 Å². The van der Waals surface area contributed by atoms with Gasteiger partial charge in [0.15, 0.2) is 17.7 Å². The molecule has 73 heavy (non-hydrogen) atoms. The molecule has 1 aliphatic carbocycles. The standard InChI is InChI=1S/C44H68N7O19P3/c1-42(2,17-8-5-6-11-29-13-10-14-30(23-29)12-7-9-18-44(19-20-44)65-28-52)32(53)15-21-46-33(54)16-22-47-40(57)37(56)43(3,4)25-67-73(63,64)70-72(61,62)66-24-31-36(69-71(58,59)60)35(55)41(68-31)51-27-50-34-38(45)48-26-49-39(34)51/h10,13-14,23,26-28,31,35-37,41,55-56H,5-9,11-12,15-22,24-25H2,1-4H3,(H,46,54)(H,47,57)(H,61,62)(H,63,64)(H2,45,48,49)(H2,58,59,60). The minimum absolute atomic E-state index is 0.000115. The molecule has 1 saturated carbocycles. The predicted octanol–water partition coefficient (Wildman–Crippen LogP) is 3.61. The van der Waals surface area contributed by atoms with E-state index in [1.807, 2.05) is 13.8 Å². The first-order valence-electron chi connectivity index (χ1n) is 23.8. The molecule has 2 aromatic heterocycles. The van der Waals surface area contributed by atoms with Gasteiger partial charge < -0.3 is 55.6 Å². The highest BCUT2D eigenvalue weighted by atomic mass is 31.3. The Morgan fingerprint density at radius 3 is 2.25 bits per heavy atom. The minimum atomic E-state index is -5.60. The number of nitrogens with zero attached hydrogens (tertiary/aromatic N) is 4. The van der Waals surface area contributed by atoms with Gasteiger partial charge in [-0.05, 0) is 68.9 Å². The van der Waals surface area contributed by atoms with E-state index >= 15 is 0 Å². The third kappa shape index (κ3) is 18.3. The second-order valence-electron chi connectivity index (χ2n) is 19.6. The number of aryl methyl sites for hydroxylation is 2. The SMILES string of the molecule is CC(C)(CCCCCc1cccc(CCCCC2(OC=O)CC2)c1)C(=O)CCNC(=O)CCNC(=O)C(O)C(C)(C)COP(=O)(O)OP(=O)(O)OCC1OC(n2cnc3c(N)ncnc32)C(O)C1OP(=O)(O)O. The molecule has 1 saturated heterocycles. The van der Waals surface area contributed by atoms with Crippen LogP contribution in [-0.4, -0.2) is 130 Å². The number of aliphatic hydroxyl groups is 2. The molecule has 1 aliphatic heterocycles. The van der Waals surface area contributed by atoms with Crippen molar-refractivity contribution in [1.29, 1.82) is 0 Å². The van der Waals surface area contributed by atoms with Gasteiger partial charge in [0.2, 0.25) is 11.8 Å². The number of ether oxygens (including phenoxy) is 2. The molecular weight excluding hydrogens is 1020 g/mol. The number of benzene rings is 1. The summed E-state index contributed by atoms with van der Waals surface area (Å²) in [6.07, 6.45) is 3.39. The highest BCUT2D eigenvalue weighted by Gasteiger charge is 2.50. The van der Waals surface area contributed by atoms with Gasteiger partial charge in [-0.3, -0.25) is 37.3 Å². The summed E-state index contributed by atoms with van der Waals surface area (Å²) in [7, 11) is -16.5. The van der Waals surface area contributed by atoms with Gasteiger partial charge in [0.25, 0.3) is 6.47 Å². The maximum Gasteiger partial charge on any atom is 0.481 e. The van der Waals surface area contributed by atoms with Crippen molar-refractivity contribution in [2.24, 2.45) is 10.8 Å². The molecule has 0 spiro atoms. The molecule has 5 rings (SSSR count). The molecule has 3 aromatic rings. The number of phosphoric ester groups is 3. The first-order valence-corrected chi connectivity index (χ1v) is 28.3. The summed E-state index contributed by atoms with van der Waals surface area (Å²) in [6.45, 7) is 4.67. The maximum absolute atomic E-state index is 13.1. The molecule has 29 heteroatoms. The fourth-order valence-electron chi connectivity index (χ4n) is 8.19. The first kappa shape index (κ1) is 59.8. The van der Waals surface area contributed by atoms with Crippen LogP contribution in [0.3, 0.4) is 0 Å². The van der Waals surface area contributed by atoms with Crippen LogP contribution in [0.5, 0.6) is 0 Å². The number of hydrogen-bond donors (Lipinski definition) is 9. The second kappa shape index (κ2) is 25.6. The van der Waals surface area contributed by atoms with Crippen LogP contribution in [0.15, 0.2) is 36.9 Å². The number of ketones is 1. The van der Waals surface area contributed by atoms with Crippen LogP contribution in [0.25, 0.3) is 11.2 Å². The molecule has 0 radical (unpaired) electrons. The molecular formula is C44H68N7O19P3. The van der Waals surface area contributed by atoms with E-state index in [0.717, 1.165) is 81.4 Å². The average molecular weight is 1090 g/mol. The zero-order valence-corrected chi connectivity index (χ0v) is 43.8. The fraction of sp³-hybridized carbons (Fsp3) is 0.659. The number of nitrogen functional groups attached to an aromatic ring is 1. The first-order chi connectivity index (χ1) is 34.2. The Morgan fingerprint density at radius 1 is 0.932 bits per heavy atom. The number of anilines is 1. The van der Waals surface area contributed by atoms with E-state index in [0.29, 0.717) is 12.9 Å². The molecule has 2 aliphatic rings.